The SMILES string of the molecule is O=C(C[C@H]1c2ncccc2C(=O)N1c1ccccc1)NCc1ccc(F)cc1Cl. The number of amides is 2. The molecule has 1 aliphatic rings. The molecule has 0 aliphatic carbocycles. The molecule has 2 aromatic carbocycles. The average Bonchev–Trinajstić information content (AvgIpc) is 3.00. The molecule has 2 heterocycles. The van der Waals surface area contributed by atoms with E-state index in [1.54, 1.807) is 23.2 Å². The molecule has 0 saturated heterocycles. The summed E-state index contributed by atoms with van der Waals surface area (Å²) in [5.74, 6) is -0.878. The van der Waals surface area contributed by atoms with E-state index in [0.717, 1.165) is 0 Å². The van der Waals surface area contributed by atoms with E-state index < -0.39 is 11.9 Å². The highest BCUT2D eigenvalue weighted by Gasteiger charge is 2.39. The quantitative estimate of drug-likeness (QED) is 0.684. The number of para-hydroxylation sites is 1. The van der Waals surface area contributed by atoms with Crippen LogP contribution < -0.4 is 10.2 Å². The average molecular weight is 410 g/mol. The zero-order valence-electron chi connectivity index (χ0n) is 15.3. The minimum absolute atomic E-state index is 0.0451. The van der Waals surface area contributed by atoms with Crippen molar-refractivity contribution < 1.29 is 14.0 Å². The van der Waals surface area contributed by atoms with E-state index >= 15 is 0 Å². The molecule has 4 rings (SSSR count). The Morgan fingerprint density at radius 3 is 2.69 bits per heavy atom. The van der Waals surface area contributed by atoms with Crippen LogP contribution in [0.25, 0.3) is 0 Å². The summed E-state index contributed by atoms with van der Waals surface area (Å²) in [5.41, 5.74) is 2.39. The van der Waals surface area contributed by atoms with Gasteiger partial charge in [-0.3, -0.25) is 19.5 Å². The molecule has 5 nitrogen and oxygen atoms in total. The van der Waals surface area contributed by atoms with E-state index in [9.17, 15) is 14.0 Å². The van der Waals surface area contributed by atoms with E-state index in [1.807, 2.05) is 30.3 Å². The van der Waals surface area contributed by atoms with Gasteiger partial charge in [0.05, 0.1) is 23.7 Å². The van der Waals surface area contributed by atoms with Gasteiger partial charge in [0.25, 0.3) is 5.91 Å². The molecule has 0 fully saturated rings. The maximum atomic E-state index is 13.2. The predicted octanol–water partition coefficient (Wildman–Crippen LogP) is 4.28. The summed E-state index contributed by atoms with van der Waals surface area (Å²) in [6, 6.07) is 16.1. The molecule has 146 valence electrons. The highest BCUT2D eigenvalue weighted by molar-refractivity contribution is 6.31. The Labute approximate surface area is 172 Å². The fourth-order valence-corrected chi connectivity index (χ4v) is 3.67. The van der Waals surface area contributed by atoms with Crippen LogP contribution in [0.4, 0.5) is 10.1 Å². The van der Waals surface area contributed by atoms with E-state index in [2.05, 4.69) is 10.3 Å². The molecule has 0 saturated carbocycles. The molecule has 1 aromatic heterocycles. The number of aromatic nitrogens is 1. The summed E-state index contributed by atoms with van der Waals surface area (Å²) in [6.07, 6.45) is 1.66. The lowest BCUT2D eigenvalue weighted by molar-refractivity contribution is -0.121. The second-order valence-corrected chi connectivity index (χ2v) is 7.09. The van der Waals surface area contributed by atoms with E-state index in [0.29, 0.717) is 22.5 Å². The summed E-state index contributed by atoms with van der Waals surface area (Å²) >= 11 is 6.02. The number of carbonyl (C=O) groups is 2. The summed E-state index contributed by atoms with van der Waals surface area (Å²) in [4.78, 5) is 31.6. The van der Waals surface area contributed by atoms with Crippen molar-refractivity contribution in [2.75, 3.05) is 4.90 Å². The number of pyridine rings is 1. The lowest BCUT2D eigenvalue weighted by atomic mass is 10.1. The third kappa shape index (κ3) is 3.84. The molecule has 0 spiro atoms. The van der Waals surface area contributed by atoms with Crippen molar-refractivity contribution in [1.29, 1.82) is 0 Å². The Balaban J connectivity index is 1.54. The zero-order valence-corrected chi connectivity index (χ0v) is 16.1. The summed E-state index contributed by atoms with van der Waals surface area (Å²) in [5, 5.41) is 3.04. The Kier molecular flexibility index (Phi) is 5.27. The second-order valence-electron chi connectivity index (χ2n) is 6.68. The van der Waals surface area contributed by atoms with Gasteiger partial charge in [0.2, 0.25) is 5.91 Å². The Morgan fingerprint density at radius 2 is 1.93 bits per heavy atom. The number of rotatable bonds is 5. The van der Waals surface area contributed by atoms with Gasteiger partial charge in [0, 0.05) is 23.5 Å². The van der Waals surface area contributed by atoms with Crippen molar-refractivity contribution in [1.82, 2.24) is 10.3 Å². The largest absolute Gasteiger partial charge is 0.352 e. The molecule has 29 heavy (non-hydrogen) atoms. The van der Waals surface area contributed by atoms with Crippen LogP contribution in [0, 0.1) is 5.82 Å². The lowest BCUT2D eigenvalue weighted by Gasteiger charge is -2.24. The molecule has 1 aliphatic heterocycles. The number of hydrogen-bond donors (Lipinski definition) is 1. The first kappa shape index (κ1) is 19.1. The molecule has 3 aromatic rings. The maximum Gasteiger partial charge on any atom is 0.260 e. The molecule has 7 heteroatoms. The first-order chi connectivity index (χ1) is 14.0. The zero-order chi connectivity index (χ0) is 20.4. The third-order valence-corrected chi connectivity index (χ3v) is 5.17. The smallest absolute Gasteiger partial charge is 0.260 e. The Morgan fingerprint density at radius 1 is 1.14 bits per heavy atom. The van der Waals surface area contributed by atoms with Crippen LogP contribution >= 0.6 is 11.6 Å². The van der Waals surface area contributed by atoms with Crippen LogP contribution in [0.1, 0.15) is 34.1 Å². The number of benzene rings is 2. The van der Waals surface area contributed by atoms with Crippen molar-refractivity contribution in [2.24, 2.45) is 0 Å². The standard InChI is InChI=1S/C22H17ClFN3O2/c23-18-11-15(24)9-8-14(18)13-26-20(28)12-19-21-17(7-4-10-25-21)22(29)27(19)16-5-2-1-3-6-16/h1-11,19H,12-13H2,(H,26,28)/t19-/m0/s1. The van der Waals surface area contributed by atoms with Crippen molar-refractivity contribution in [2.45, 2.75) is 19.0 Å². The lowest BCUT2D eigenvalue weighted by Crippen LogP contribution is -2.33. The molecule has 0 bridgehead atoms. The minimum Gasteiger partial charge on any atom is -0.352 e. The molecule has 0 radical (unpaired) electrons. The van der Waals surface area contributed by atoms with Gasteiger partial charge in [-0.25, -0.2) is 4.39 Å². The predicted molar refractivity (Wildman–Crippen MR) is 108 cm³/mol. The van der Waals surface area contributed by atoms with E-state index in [-0.39, 0.29) is 29.8 Å². The van der Waals surface area contributed by atoms with Crippen LogP contribution in [-0.4, -0.2) is 16.8 Å². The van der Waals surface area contributed by atoms with Gasteiger partial charge in [0.15, 0.2) is 0 Å². The highest BCUT2D eigenvalue weighted by Crippen LogP contribution is 2.38. The van der Waals surface area contributed by atoms with E-state index in [1.165, 1.54) is 18.2 Å². The highest BCUT2D eigenvalue weighted by atomic mass is 35.5. The number of halogens is 2. The van der Waals surface area contributed by atoms with Crippen molar-refractivity contribution in [3.8, 4) is 0 Å². The number of nitrogens with one attached hydrogen (secondary N) is 1. The monoisotopic (exact) mass is 409 g/mol. The first-order valence-corrected chi connectivity index (χ1v) is 9.46. The number of hydrogen-bond acceptors (Lipinski definition) is 3. The second kappa shape index (κ2) is 8.01. The Hall–Kier alpha value is -3.25. The van der Waals surface area contributed by atoms with Crippen molar-refractivity contribution in [3.63, 3.8) is 0 Å². The van der Waals surface area contributed by atoms with E-state index in [4.69, 9.17) is 11.6 Å². The van der Waals surface area contributed by atoms with Gasteiger partial charge < -0.3 is 5.32 Å². The normalized spacial score (nSPS) is 15.3. The fourth-order valence-electron chi connectivity index (χ4n) is 3.44. The number of anilines is 1. The number of nitrogens with zero attached hydrogens (tertiary/aromatic N) is 2. The van der Waals surface area contributed by atoms with Crippen molar-refractivity contribution >= 4 is 29.1 Å². The maximum absolute atomic E-state index is 13.2. The minimum atomic E-state index is -0.509. The molecule has 0 unspecified atom stereocenters. The van der Waals surface area contributed by atoms with Gasteiger partial charge in [-0.05, 0) is 42.0 Å². The summed E-state index contributed by atoms with van der Waals surface area (Å²) < 4.78 is 13.2. The molecule has 2 amide bonds. The third-order valence-electron chi connectivity index (χ3n) is 4.82. The van der Waals surface area contributed by atoms with Gasteiger partial charge in [-0.2, -0.15) is 0 Å². The fraction of sp³-hybridized carbons (Fsp3) is 0.136. The van der Waals surface area contributed by atoms with Gasteiger partial charge in [0.1, 0.15) is 5.82 Å². The van der Waals surface area contributed by atoms with Crippen molar-refractivity contribution in [3.05, 3.63) is 94.5 Å². The van der Waals surface area contributed by atoms with Crippen LogP contribution in [0.3, 0.4) is 0 Å². The van der Waals surface area contributed by atoms with Gasteiger partial charge in [-0.15, -0.1) is 0 Å². The summed E-state index contributed by atoms with van der Waals surface area (Å²) in [7, 11) is 0. The summed E-state index contributed by atoms with van der Waals surface area (Å²) in [6.45, 7) is 0.166. The number of fused-ring (bicyclic) bond motifs is 1. The van der Waals surface area contributed by atoms with Crippen LogP contribution in [-0.2, 0) is 11.3 Å². The van der Waals surface area contributed by atoms with Gasteiger partial charge in [-0.1, -0.05) is 35.9 Å². The molecule has 1 atom stereocenters. The topological polar surface area (TPSA) is 62.3 Å². The first-order valence-electron chi connectivity index (χ1n) is 9.09. The molecular weight excluding hydrogens is 393 g/mol. The van der Waals surface area contributed by atoms with Gasteiger partial charge >= 0.3 is 0 Å². The molecule has 1 N–H and O–H groups in total. The van der Waals surface area contributed by atoms with Crippen LogP contribution in [0.2, 0.25) is 5.02 Å². The van der Waals surface area contributed by atoms with Crippen LogP contribution in [0.5, 0.6) is 0 Å². The van der Waals surface area contributed by atoms with Crippen LogP contribution in [0.15, 0.2) is 66.9 Å². The molecular formula is C22H17ClFN3O2. The number of carbonyl (C=O) groups excluding carboxylic acids is 2. The Bertz CT molecular complexity index is 1070.